The molecule has 2 aromatic rings. The Balaban J connectivity index is 0.00000242. The number of nitrogens with zero attached hydrogens (tertiary/aromatic N) is 2. The maximum atomic E-state index is 11.8. The van der Waals surface area contributed by atoms with Crippen LogP contribution in [-0.4, -0.2) is 30.4 Å². The molecular weight excluding hydrogens is 413 g/mol. The lowest BCUT2D eigenvalue weighted by Gasteiger charge is -2.11. The van der Waals surface area contributed by atoms with Gasteiger partial charge in [-0.15, -0.1) is 35.3 Å². The lowest BCUT2D eigenvalue weighted by atomic mass is 10.4. The van der Waals surface area contributed by atoms with Gasteiger partial charge in [0.2, 0.25) is 5.91 Å². The number of aliphatic imine (C=N–C) groups is 1. The number of halogens is 1. The van der Waals surface area contributed by atoms with E-state index in [4.69, 9.17) is 0 Å². The molecule has 118 valence electrons. The highest BCUT2D eigenvalue weighted by molar-refractivity contribution is 14.0. The van der Waals surface area contributed by atoms with Gasteiger partial charge in [0.25, 0.3) is 0 Å². The van der Waals surface area contributed by atoms with Crippen molar-refractivity contribution in [1.82, 2.24) is 15.6 Å². The number of anilines is 1. The van der Waals surface area contributed by atoms with E-state index in [1.807, 2.05) is 17.5 Å². The van der Waals surface area contributed by atoms with Crippen molar-refractivity contribution in [2.75, 3.05) is 18.9 Å². The summed E-state index contributed by atoms with van der Waals surface area (Å²) in [6.45, 7) is 0.820. The van der Waals surface area contributed by atoms with Crippen molar-refractivity contribution in [2.45, 2.75) is 6.54 Å². The summed E-state index contributed by atoms with van der Waals surface area (Å²) in [4.78, 5) is 21.0. The van der Waals surface area contributed by atoms with Crippen LogP contribution in [0.4, 0.5) is 5.69 Å². The van der Waals surface area contributed by atoms with Gasteiger partial charge in [-0.2, -0.15) is 0 Å². The van der Waals surface area contributed by atoms with Crippen LogP contribution in [0.15, 0.2) is 47.0 Å². The first kappa shape index (κ1) is 18.4. The van der Waals surface area contributed by atoms with Crippen molar-refractivity contribution in [3.05, 3.63) is 46.9 Å². The van der Waals surface area contributed by atoms with Crippen molar-refractivity contribution >= 4 is 52.9 Å². The molecule has 8 heteroatoms. The van der Waals surface area contributed by atoms with E-state index in [-0.39, 0.29) is 36.4 Å². The molecule has 0 aliphatic carbocycles. The van der Waals surface area contributed by atoms with Gasteiger partial charge in [0.15, 0.2) is 5.96 Å². The zero-order valence-electron chi connectivity index (χ0n) is 12.1. The van der Waals surface area contributed by atoms with Crippen molar-refractivity contribution < 1.29 is 4.79 Å². The lowest BCUT2D eigenvalue weighted by Crippen LogP contribution is -2.40. The molecule has 0 saturated heterocycles. The number of hydrogen-bond donors (Lipinski definition) is 3. The van der Waals surface area contributed by atoms with Crippen LogP contribution < -0.4 is 16.0 Å². The third-order valence-electron chi connectivity index (χ3n) is 2.60. The Kier molecular flexibility index (Phi) is 8.44. The Bertz CT molecular complexity index is 589. The fourth-order valence-electron chi connectivity index (χ4n) is 1.61. The van der Waals surface area contributed by atoms with E-state index in [9.17, 15) is 4.79 Å². The minimum Gasteiger partial charge on any atom is -0.352 e. The van der Waals surface area contributed by atoms with E-state index in [1.54, 1.807) is 42.9 Å². The maximum Gasteiger partial charge on any atom is 0.243 e. The van der Waals surface area contributed by atoms with Crippen LogP contribution in [0.5, 0.6) is 0 Å². The van der Waals surface area contributed by atoms with Gasteiger partial charge in [0, 0.05) is 18.1 Å². The molecule has 0 aliphatic heterocycles. The van der Waals surface area contributed by atoms with Crippen LogP contribution in [-0.2, 0) is 11.3 Å². The number of amides is 1. The predicted molar refractivity (Wildman–Crippen MR) is 101 cm³/mol. The minimum atomic E-state index is -0.151. The van der Waals surface area contributed by atoms with Crippen LogP contribution in [0.3, 0.4) is 0 Å². The molecule has 1 amide bonds. The highest BCUT2D eigenvalue weighted by Gasteiger charge is 2.04. The summed E-state index contributed by atoms with van der Waals surface area (Å²) < 4.78 is 0. The lowest BCUT2D eigenvalue weighted by molar-refractivity contribution is -0.115. The van der Waals surface area contributed by atoms with E-state index in [1.165, 1.54) is 4.88 Å². The summed E-state index contributed by atoms with van der Waals surface area (Å²) in [5.74, 6) is 0.437. The fourth-order valence-corrected chi connectivity index (χ4v) is 2.26. The second-order valence-corrected chi connectivity index (χ2v) is 5.18. The molecule has 2 heterocycles. The second kappa shape index (κ2) is 10.1. The second-order valence-electron chi connectivity index (χ2n) is 4.15. The molecule has 0 unspecified atom stereocenters. The SMILES string of the molecule is CN=C(NCC(=O)Nc1cccnc1)NCc1cccs1.I. The third kappa shape index (κ3) is 6.39. The molecular formula is C14H18IN5OS. The van der Waals surface area contributed by atoms with E-state index in [2.05, 4.69) is 25.9 Å². The van der Waals surface area contributed by atoms with Crippen molar-refractivity contribution in [1.29, 1.82) is 0 Å². The predicted octanol–water partition coefficient (Wildman–Crippen LogP) is 2.06. The van der Waals surface area contributed by atoms with Gasteiger partial charge in [0.1, 0.15) is 0 Å². The first-order valence-corrected chi connectivity index (χ1v) is 7.32. The van der Waals surface area contributed by atoms with Gasteiger partial charge in [0.05, 0.1) is 25.0 Å². The summed E-state index contributed by atoms with van der Waals surface area (Å²) in [7, 11) is 1.67. The van der Waals surface area contributed by atoms with Crippen molar-refractivity contribution in [2.24, 2.45) is 4.99 Å². The molecule has 2 aromatic heterocycles. The zero-order chi connectivity index (χ0) is 14.9. The maximum absolute atomic E-state index is 11.8. The average molecular weight is 431 g/mol. The summed E-state index contributed by atoms with van der Waals surface area (Å²) in [6, 6.07) is 7.60. The number of pyridine rings is 1. The van der Waals surface area contributed by atoms with Gasteiger partial charge in [-0.3, -0.25) is 14.8 Å². The molecule has 0 aromatic carbocycles. The number of carbonyl (C=O) groups excluding carboxylic acids is 1. The summed E-state index contributed by atoms with van der Waals surface area (Å²) >= 11 is 1.67. The van der Waals surface area contributed by atoms with Crippen LogP contribution in [0, 0.1) is 0 Å². The monoisotopic (exact) mass is 431 g/mol. The van der Waals surface area contributed by atoms with Crippen molar-refractivity contribution in [3.63, 3.8) is 0 Å². The first-order valence-electron chi connectivity index (χ1n) is 6.44. The fraction of sp³-hybridized carbons (Fsp3) is 0.214. The number of nitrogens with one attached hydrogen (secondary N) is 3. The highest BCUT2D eigenvalue weighted by Crippen LogP contribution is 2.07. The topological polar surface area (TPSA) is 78.4 Å². The number of hydrogen-bond acceptors (Lipinski definition) is 4. The number of aromatic nitrogens is 1. The largest absolute Gasteiger partial charge is 0.352 e. The van der Waals surface area contributed by atoms with Gasteiger partial charge < -0.3 is 16.0 Å². The number of rotatable bonds is 5. The minimum absolute atomic E-state index is 0. The van der Waals surface area contributed by atoms with Crippen LogP contribution in [0.25, 0.3) is 0 Å². The number of guanidine groups is 1. The normalized spacial score (nSPS) is 10.5. The van der Waals surface area contributed by atoms with E-state index in [0.717, 1.165) is 0 Å². The summed E-state index contributed by atoms with van der Waals surface area (Å²) in [6.07, 6.45) is 3.26. The standard InChI is InChI=1S/C14H17N5OS.HI/c1-15-14(17-9-12-5-3-7-21-12)18-10-13(20)19-11-4-2-6-16-8-11;/h2-8H,9-10H2,1H3,(H,19,20)(H2,15,17,18);1H. The van der Waals surface area contributed by atoms with Crippen LogP contribution in [0.1, 0.15) is 4.88 Å². The molecule has 6 nitrogen and oxygen atoms in total. The van der Waals surface area contributed by atoms with Gasteiger partial charge in [-0.25, -0.2) is 0 Å². The summed E-state index contributed by atoms with van der Waals surface area (Å²) in [5, 5.41) is 10.9. The average Bonchev–Trinajstić information content (AvgIpc) is 3.02. The molecule has 0 bridgehead atoms. The number of carbonyl (C=O) groups is 1. The molecule has 0 fully saturated rings. The molecule has 0 spiro atoms. The number of thiophene rings is 1. The van der Waals surface area contributed by atoms with E-state index >= 15 is 0 Å². The molecule has 0 saturated carbocycles. The molecule has 3 N–H and O–H groups in total. The van der Waals surface area contributed by atoms with Gasteiger partial charge >= 0.3 is 0 Å². The molecule has 22 heavy (non-hydrogen) atoms. The highest BCUT2D eigenvalue weighted by atomic mass is 127. The first-order chi connectivity index (χ1) is 10.3. The van der Waals surface area contributed by atoms with E-state index in [0.29, 0.717) is 18.2 Å². The third-order valence-corrected chi connectivity index (χ3v) is 3.47. The van der Waals surface area contributed by atoms with Gasteiger partial charge in [-0.1, -0.05) is 6.07 Å². The molecule has 2 rings (SSSR count). The zero-order valence-corrected chi connectivity index (χ0v) is 15.2. The van der Waals surface area contributed by atoms with E-state index < -0.39 is 0 Å². The molecule has 0 atom stereocenters. The smallest absolute Gasteiger partial charge is 0.243 e. The molecule has 0 aliphatic rings. The van der Waals surface area contributed by atoms with Crippen LogP contribution in [0.2, 0.25) is 0 Å². The Labute approximate surface area is 150 Å². The van der Waals surface area contributed by atoms with Gasteiger partial charge in [-0.05, 0) is 23.6 Å². The summed E-state index contributed by atoms with van der Waals surface area (Å²) in [5.41, 5.74) is 0.672. The molecule has 0 radical (unpaired) electrons. The Morgan fingerprint density at radius 2 is 2.18 bits per heavy atom. The quantitative estimate of drug-likeness (QED) is 0.385. The Hall–Kier alpha value is -1.68. The van der Waals surface area contributed by atoms with Crippen molar-refractivity contribution in [3.8, 4) is 0 Å². The Morgan fingerprint density at radius 3 is 2.82 bits per heavy atom. The Morgan fingerprint density at radius 1 is 1.32 bits per heavy atom. The van der Waals surface area contributed by atoms with Crippen LogP contribution >= 0.6 is 35.3 Å².